The number of hydrogen-bond acceptors (Lipinski definition) is 3. The van der Waals surface area contributed by atoms with Crippen molar-refractivity contribution in [1.29, 1.82) is 0 Å². The molecule has 0 saturated carbocycles. The van der Waals surface area contributed by atoms with Gasteiger partial charge < -0.3 is 14.5 Å². The minimum atomic E-state index is -0.346. The fourth-order valence-electron chi connectivity index (χ4n) is 1.99. The molecule has 0 aliphatic rings. The Morgan fingerprint density at radius 1 is 1.42 bits per heavy atom. The van der Waals surface area contributed by atoms with Crippen molar-refractivity contribution in [3.63, 3.8) is 0 Å². The van der Waals surface area contributed by atoms with Gasteiger partial charge in [0.1, 0.15) is 0 Å². The molecule has 2 rings (SSSR count). The summed E-state index contributed by atoms with van der Waals surface area (Å²) in [6.45, 7) is 0. The second-order valence-electron chi connectivity index (χ2n) is 4.16. The van der Waals surface area contributed by atoms with Crippen molar-refractivity contribution >= 4 is 15.9 Å². The minimum Gasteiger partial charge on any atom is -0.494 e. The first-order valence-corrected chi connectivity index (χ1v) is 6.67. The summed E-state index contributed by atoms with van der Waals surface area (Å²) in [5.74, 6) is -0.0876. The third kappa shape index (κ3) is 3.16. The van der Waals surface area contributed by atoms with E-state index in [-0.39, 0.29) is 17.6 Å². The molecule has 0 saturated heterocycles. The summed E-state index contributed by atoms with van der Waals surface area (Å²) in [5.41, 5.74) is 1.91. The first-order valence-electron chi connectivity index (χ1n) is 5.88. The van der Waals surface area contributed by atoms with Crippen molar-refractivity contribution < 1.29 is 13.5 Å². The van der Waals surface area contributed by atoms with E-state index in [1.54, 1.807) is 12.3 Å². The first-order chi connectivity index (χ1) is 9.15. The van der Waals surface area contributed by atoms with E-state index in [0.717, 1.165) is 11.1 Å². The van der Waals surface area contributed by atoms with E-state index in [1.165, 1.54) is 13.2 Å². The zero-order valence-corrected chi connectivity index (χ0v) is 12.3. The van der Waals surface area contributed by atoms with Crippen LogP contribution in [0.15, 0.2) is 39.6 Å². The van der Waals surface area contributed by atoms with Crippen molar-refractivity contribution in [1.82, 2.24) is 5.32 Å². The maximum Gasteiger partial charge on any atom is 0.173 e. The fraction of sp³-hybridized carbons (Fsp3) is 0.286. The molecule has 102 valence electrons. The lowest BCUT2D eigenvalue weighted by Crippen LogP contribution is -2.18. The molecule has 0 aliphatic heterocycles. The van der Waals surface area contributed by atoms with Gasteiger partial charge in [0.05, 0.1) is 13.4 Å². The van der Waals surface area contributed by atoms with Crippen LogP contribution in [0, 0.1) is 5.82 Å². The predicted molar refractivity (Wildman–Crippen MR) is 74.9 cm³/mol. The molecule has 0 amide bonds. The van der Waals surface area contributed by atoms with Gasteiger partial charge in [-0.2, -0.15) is 0 Å². The topological polar surface area (TPSA) is 34.4 Å². The summed E-state index contributed by atoms with van der Waals surface area (Å²) in [5, 5.41) is 3.20. The van der Waals surface area contributed by atoms with Crippen molar-refractivity contribution in [3.05, 3.63) is 52.1 Å². The summed E-state index contributed by atoms with van der Waals surface area (Å²) in [6.07, 6.45) is 2.29. The smallest absolute Gasteiger partial charge is 0.173 e. The second kappa shape index (κ2) is 6.21. The molecule has 1 N–H and O–H groups in total. The molecular weight excluding hydrogens is 313 g/mol. The number of ether oxygens (including phenoxy) is 1. The zero-order chi connectivity index (χ0) is 13.8. The molecule has 2 aromatic rings. The molecule has 0 bridgehead atoms. The number of furan rings is 1. The zero-order valence-electron chi connectivity index (χ0n) is 10.7. The quantitative estimate of drug-likeness (QED) is 0.909. The molecule has 3 nitrogen and oxygen atoms in total. The molecule has 5 heteroatoms. The summed E-state index contributed by atoms with van der Waals surface area (Å²) in [6, 6.07) is 6.95. The van der Waals surface area contributed by atoms with Gasteiger partial charge in [0.15, 0.2) is 16.2 Å². The lowest BCUT2D eigenvalue weighted by atomic mass is 10.0. The highest BCUT2D eigenvalue weighted by atomic mass is 79.9. The Morgan fingerprint density at radius 3 is 2.74 bits per heavy atom. The Hall–Kier alpha value is -1.33. The molecule has 0 aliphatic carbocycles. The van der Waals surface area contributed by atoms with Crippen LogP contribution in [0.25, 0.3) is 0 Å². The van der Waals surface area contributed by atoms with Crippen LogP contribution in [0.3, 0.4) is 0 Å². The fourth-order valence-corrected chi connectivity index (χ4v) is 2.51. The standard InChI is InChI=1S/C14H15BrFNO2/c1-17-12(10-5-6-19-14(10)15)8-9-3-4-13(18-2)11(16)7-9/h3-7,12,17H,8H2,1-2H3. The highest BCUT2D eigenvalue weighted by Crippen LogP contribution is 2.28. The van der Waals surface area contributed by atoms with Crippen LogP contribution < -0.4 is 10.1 Å². The molecule has 19 heavy (non-hydrogen) atoms. The molecule has 1 aromatic carbocycles. The van der Waals surface area contributed by atoms with Crippen LogP contribution in [-0.2, 0) is 6.42 Å². The van der Waals surface area contributed by atoms with Gasteiger partial charge in [-0.15, -0.1) is 0 Å². The van der Waals surface area contributed by atoms with Crippen LogP contribution in [0.5, 0.6) is 5.75 Å². The molecule has 0 fully saturated rings. The number of halogens is 2. The van der Waals surface area contributed by atoms with E-state index in [9.17, 15) is 4.39 Å². The first kappa shape index (κ1) is 14.1. The molecule has 0 radical (unpaired) electrons. The Kier molecular flexibility index (Phi) is 4.61. The van der Waals surface area contributed by atoms with Crippen molar-refractivity contribution in [2.45, 2.75) is 12.5 Å². The van der Waals surface area contributed by atoms with Gasteiger partial charge in [0.2, 0.25) is 0 Å². The SMILES string of the molecule is CNC(Cc1ccc(OC)c(F)c1)c1ccoc1Br. The Bertz CT molecular complexity index is 556. The van der Waals surface area contributed by atoms with Gasteiger partial charge in [-0.1, -0.05) is 6.07 Å². The largest absolute Gasteiger partial charge is 0.494 e. The number of hydrogen-bond donors (Lipinski definition) is 1. The maximum atomic E-state index is 13.7. The molecule has 0 spiro atoms. The minimum absolute atomic E-state index is 0.0564. The monoisotopic (exact) mass is 327 g/mol. The molecule has 1 atom stereocenters. The number of methoxy groups -OCH3 is 1. The number of rotatable bonds is 5. The Labute approximate surface area is 119 Å². The Balaban J connectivity index is 2.19. The third-order valence-electron chi connectivity index (χ3n) is 3.03. The van der Waals surface area contributed by atoms with Gasteiger partial charge in [0, 0.05) is 11.6 Å². The lowest BCUT2D eigenvalue weighted by molar-refractivity contribution is 0.386. The summed E-state index contributed by atoms with van der Waals surface area (Å²) in [4.78, 5) is 0. The Morgan fingerprint density at radius 2 is 2.21 bits per heavy atom. The van der Waals surface area contributed by atoms with Crippen molar-refractivity contribution in [3.8, 4) is 5.75 Å². The van der Waals surface area contributed by atoms with Gasteiger partial charge >= 0.3 is 0 Å². The van der Waals surface area contributed by atoms with Crippen LogP contribution in [0.1, 0.15) is 17.2 Å². The van der Waals surface area contributed by atoms with E-state index in [1.807, 2.05) is 19.2 Å². The highest BCUT2D eigenvalue weighted by Gasteiger charge is 2.16. The maximum absolute atomic E-state index is 13.7. The van der Waals surface area contributed by atoms with Crippen LogP contribution in [0.2, 0.25) is 0 Å². The number of likely N-dealkylation sites (N-methyl/N-ethyl adjacent to an activating group) is 1. The molecule has 1 aromatic heterocycles. The molecule has 1 heterocycles. The van der Waals surface area contributed by atoms with Gasteiger partial charge in [0.25, 0.3) is 0 Å². The van der Waals surface area contributed by atoms with E-state index in [2.05, 4.69) is 21.2 Å². The summed E-state index contributed by atoms with van der Waals surface area (Å²) >= 11 is 3.36. The average molecular weight is 328 g/mol. The van der Waals surface area contributed by atoms with Crippen LogP contribution >= 0.6 is 15.9 Å². The predicted octanol–water partition coefficient (Wildman–Crippen LogP) is 3.69. The lowest BCUT2D eigenvalue weighted by Gasteiger charge is -2.15. The van der Waals surface area contributed by atoms with Gasteiger partial charge in [-0.25, -0.2) is 4.39 Å². The van der Waals surface area contributed by atoms with Gasteiger partial charge in [-0.3, -0.25) is 0 Å². The van der Waals surface area contributed by atoms with Crippen molar-refractivity contribution in [2.24, 2.45) is 0 Å². The van der Waals surface area contributed by atoms with E-state index < -0.39 is 0 Å². The summed E-state index contributed by atoms with van der Waals surface area (Å²) < 4.78 is 24.5. The second-order valence-corrected chi connectivity index (χ2v) is 4.88. The van der Waals surface area contributed by atoms with Crippen LogP contribution in [0.4, 0.5) is 4.39 Å². The van der Waals surface area contributed by atoms with Gasteiger partial charge in [-0.05, 0) is 53.2 Å². The van der Waals surface area contributed by atoms with E-state index >= 15 is 0 Å². The molecule has 1 unspecified atom stereocenters. The number of nitrogens with one attached hydrogen (secondary N) is 1. The highest BCUT2D eigenvalue weighted by molar-refractivity contribution is 9.10. The molecular formula is C14H15BrFNO2. The average Bonchev–Trinajstić information content (AvgIpc) is 2.82. The van der Waals surface area contributed by atoms with E-state index in [0.29, 0.717) is 11.1 Å². The third-order valence-corrected chi connectivity index (χ3v) is 3.67. The number of benzene rings is 1. The van der Waals surface area contributed by atoms with Crippen molar-refractivity contribution in [2.75, 3.05) is 14.2 Å². The normalized spacial score (nSPS) is 12.4. The van der Waals surface area contributed by atoms with Crippen LogP contribution in [-0.4, -0.2) is 14.2 Å². The summed E-state index contributed by atoms with van der Waals surface area (Å²) in [7, 11) is 3.32. The van der Waals surface area contributed by atoms with E-state index in [4.69, 9.17) is 9.15 Å².